The van der Waals surface area contributed by atoms with Gasteiger partial charge in [-0.3, -0.25) is 4.79 Å². The average Bonchev–Trinajstić information content (AvgIpc) is 2.66. The molecule has 4 fully saturated rings. The number of likely N-dealkylation sites (N-methyl/N-ethyl adjacent to an activating group) is 1. The molecule has 0 saturated heterocycles. The molecule has 1 aromatic rings. The molecular formula is C23H35N2O3+. The Morgan fingerprint density at radius 1 is 1.14 bits per heavy atom. The van der Waals surface area contributed by atoms with Crippen molar-refractivity contribution in [3.8, 4) is 11.5 Å². The lowest BCUT2D eigenvalue weighted by molar-refractivity contribution is -0.908. The number of nitrogens with one attached hydrogen (secondary N) is 2. The standard InChI is InChI=1S/C23H34N2O3/c1-15(25(2)14-19-5-6-20(27-3)10-21(19)28-4)22(26)24-23-11-16-7-17(12-23)9-18(8-16)13-23/h5-6,10,15-18H,7-9,11-14H2,1-4H3,(H,24,26)/p+1/t15-,16?,17?,18?,23?/m0/s1. The number of amides is 1. The van der Waals surface area contributed by atoms with E-state index in [0.717, 1.165) is 41.4 Å². The summed E-state index contributed by atoms with van der Waals surface area (Å²) in [7, 11) is 5.42. The van der Waals surface area contributed by atoms with Gasteiger partial charge in [0.25, 0.3) is 5.91 Å². The molecule has 1 aromatic carbocycles. The number of hydrogen-bond donors (Lipinski definition) is 2. The van der Waals surface area contributed by atoms with E-state index >= 15 is 0 Å². The number of quaternary nitrogens is 1. The Labute approximate surface area is 168 Å². The monoisotopic (exact) mass is 387 g/mol. The number of rotatable bonds is 7. The summed E-state index contributed by atoms with van der Waals surface area (Å²) in [6.45, 7) is 2.78. The molecule has 5 nitrogen and oxygen atoms in total. The second-order valence-electron chi connectivity index (χ2n) is 9.61. The Balaban J connectivity index is 1.40. The first-order valence-corrected chi connectivity index (χ1v) is 10.8. The Morgan fingerprint density at radius 2 is 1.75 bits per heavy atom. The molecule has 4 bridgehead atoms. The number of benzene rings is 1. The van der Waals surface area contributed by atoms with Crippen LogP contribution in [0.15, 0.2) is 18.2 Å². The maximum atomic E-state index is 13.1. The van der Waals surface area contributed by atoms with Crippen molar-refractivity contribution in [1.82, 2.24) is 5.32 Å². The summed E-state index contributed by atoms with van der Waals surface area (Å²) in [5.74, 6) is 4.33. The normalized spacial score (nSPS) is 32.6. The first-order valence-electron chi connectivity index (χ1n) is 10.8. The lowest BCUT2D eigenvalue weighted by Crippen LogP contribution is -3.12. The molecule has 154 valence electrons. The predicted octanol–water partition coefficient (Wildman–Crippen LogP) is 2.19. The summed E-state index contributed by atoms with van der Waals surface area (Å²) in [5.41, 5.74) is 1.17. The van der Waals surface area contributed by atoms with Crippen molar-refractivity contribution >= 4 is 5.91 Å². The van der Waals surface area contributed by atoms with Gasteiger partial charge in [-0.25, -0.2) is 0 Å². The van der Waals surface area contributed by atoms with Gasteiger partial charge in [0.05, 0.1) is 21.3 Å². The van der Waals surface area contributed by atoms with E-state index in [9.17, 15) is 4.79 Å². The van der Waals surface area contributed by atoms with Crippen LogP contribution >= 0.6 is 0 Å². The number of ether oxygens (including phenoxy) is 2. The lowest BCUT2D eigenvalue weighted by atomic mass is 9.53. The third-order valence-electron chi connectivity index (χ3n) is 7.52. The Morgan fingerprint density at radius 3 is 2.29 bits per heavy atom. The minimum absolute atomic E-state index is 0.0815. The van der Waals surface area contributed by atoms with Crippen molar-refractivity contribution in [2.24, 2.45) is 17.8 Å². The maximum Gasteiger partial charge on any atom is 0.278 e. The largest absolute Gasteiger partial charge is 0.497 e. The summed E-state index contributed by atoms with van der Waals surface area (Å²) in [6, 6.07) is 5.79. The fourth-order valence-electron chi connectivity index (χ4n) is 6.31. The van der Waals surface area contributed by atoms with Gasteiger partial charge in [-0.15, -0.1) is 0 Å². The van der Waals surface area contributed by atoms with E-state index in [0.29, 0.717) is 0 Å². The first kappa shape index (κ1) is 19.6. The lowest BCUT2D eigenvalue weighted by Gasteiger charge is -2.57. The van der Waals surface area contributed by atoms with Gasteiger partial charge in [0, 0.05) is 17.2 Å². The van der Waals surface area contributed by atoms with Gasteiger partial charge < -0.3 is 19.7 Å². The zero-order valence-electron chi connectivity index (χ0n) is 17.7. The van der Waals surface area contributed by atoms with Crippen LogP contribution in [-0.2, 0) is 11.3 Å². The van der Waals surface area contributed by atoms with Crippen molar-refractivity contribution in [2.75, 3.05) is 21.3 Å². The van der Waals surface area contributed by atoms with Crippen LogP contribution in [0.4, 0.5) is 0 Å². The molecule has 0 aromatic heterocycles. The summed E-state index contributed by atoms with van der Waals surface area (Å²) in [4.78, 5) is 14.3. The maximum absolute atomic E-state index is 13.1. The zero-order valence-corrected chi connectivity index (χ0v) is 17.7. The Hall–Kier alpha value is -1.75. The van der Waals surface area contributed by atoms with Crippen molar-refractivity contribution < 1.29 is 19.2 Å². The SMILES string of the molecule is COc1ccc(C[NH+](C)[C@@H](C)C(=O)NC23CC4CC(CC(C4)C2)C3)c(OC)c1. The average molecular weight is 388 g/mol. The number of carbonyl (C=O) groups excluding carboxylic acids is 1. The minimum atomic E-state index is -0.0974. The van der Waals surface area contributed by atoms with Crippen LogP contribution in [0.1, 0.15) is 51.0 Å². The van der Waals surface area contributed by atoms with Crippen LogP contribution in [0.3, 0.4) is 0 Å². The summed E-state index contributed by atoms with van der Waals surface area (Å²) in [6.07, 6.45) is 7.78. The molecule has 1 amide bonds. The Kier molecular flexibility index (Phi) is 5.30. The quantitative estimate of drug-likeness (QED) is 0.754. The molecule has 2 atom stereocenters. The van der Waals surface area contributed by atoms with Gasteiger partial charge in [0.1, 0.15) is 18.0 Å². The minimum Gasteiger partial charge on any atom is -0.497 e. The van der Waals surface area contributed by atoms with Gasteiger partial charge in [0.2, 0.25) is 0 Å². The van der Waals surface area contributed by atoms with Gasteiger partial charge >= 0.3 is 0 Å². The number of carbonyl (C=O) groups is 1. The van der Waals surface area contributed by atoms with Crippen LogP contribution in [0, 0.1) is 17.8 Å². The second-order valence-corrected chi connectivity index (χ2v) is 9.61. The van der Waals surface area contributed by atoms with E-state index in [1.54, 1.807) is 14.2 Å². The summed E-state index contributed by atoms with van der Waals surface area (Å²) < 4.78 is 10.8. The van der Waals surface area contributed by atoms with Crippen LogP contribution in [0.25, 0.3) is 0 Å². The van der Waals surface area contributed by atoms with Crippen molar-refractivity contribution in [3.63, 3.8) is 0 Å². The van der Waals surface area contributed by atoms with E-state index < -0.39 is 0 Å². The highest BCUT2D eigenvalue weighted by molar-refractivity contribution is 5.80. The van der Waals surface area contributed by atoms with Crippen molar-refractivity contribution in [1.29, 1.82) is 0 Å². The molecule has 4 aliphatic carbocycles. The van der Waals surface area contributed by atoms with E-state index in [1.165, 1.54) is 43.4 Å². The van der Waals surface area contributed by atoms with Gasteiger partial charge in [-0.1, -0.05) is 0 Å². The molecule has 0 heterocycles. The highest BCUT2D eigenvalue weighted by atomic mass is 16.5. The summed E-state index contributed by atoms with van der Waals surface area (Å²) in [5, 5.41) is 3.53. The fourth-order valence-corrected chi connectivity index (χ4v) is 6.31. The first-order chi connectivity index (χ1) is 13.4. The Bertz CT molecular complexity index is 697. The third kappa shape index (κ3) is 3.73. The van der Waals surface area contributed by atoms with Crippen molar-refractivity contribution in [3.05, 3.63) is 23.8 Å². The molecule has 5 heteroatoms. The van der Waals surface area contributed by atoms with Gasteiger partial charge in [-0.2, -0.15) is 0 Å². The van der Waals surface area contributed by atoms with Gasteiger partial charge in [-0.05, 0) is 75.3 Å². The molecule has 1 unspecified atom stereocenters. The van der Waals surface area contributed by atoms with Gasteiger partial charge in [0.15, 0.2) is 6.04 Å². The molecule has 0 aliphatic heterocycles. The van der Waals surface area contributed by atoms with E-state index in [4.69, 9.17) is 9.47 Å². The van der Waals surface area contributed by atoms with Crippen LogP contribution in [0.2, 0.25) is 0 Å². The molecule has 0 spiro atoms. The smallest absolute Gasteiger partial charge is 0.278 e. The molecule has 4 aliphatic rings. The predicted molar refractivity (Wildman–Crippen MR) is 109 cm³/mol. The highest BCUT2D eigenvalue weighted by Crippen LogP contribution is 2.55. The molecule has 5 rings (SSSR count). The molecule has 4 saturated carbocycles. The van der Waals surface area contributed by atoms with Crippen LogP contribution < -0.4 is 19.7 Å². The molecule has 2 N–H and O–H groups in total. The number of hydrogen-bond acceptors (Lipinski definition) is 3. The summed E-state index contributed by atoms with van der Waals surface area (Å²) >= 11 is 0. The topological polar surface area (TPSA) is 52.0 Å². The fraction of sp³-hybridized carbons (Fsp3) is 0.696. The van der Waals surface area contributed by atoms with Crippen molar-refractivity contribution in [2.45, 2.75) is 63.6 Å². The molecular weight excluding hydrogens is 352 g/mol. The second kappa shape index (κ2) is 7.58. The van der Waals surface area contributed by atoms with Crippen LogP contribution in [-0.4, -0.2) is 38.8 Å². The van der Waals surface area contributed by atoms with Crippen LogP contribution in [0.5, 0.6) is 11.5 Å². The highest BCUT2D eigenvalue weighted by Gasteiger charge is 2.52. The third-order valence-corrected chi connectivity index (χ3v) is 7.52. The van der Waals surface area contributed by atoms with E-state index in [2.05, 4.69) is 12.4 Å². The number of methoxy groups -OCH3 is 2. The van der Waals surface area contributed by atoms with E-state index in [-0.39, 0.29) is 17.5 Å². The van der Waals surface area contributed by atoms with E-state index in [1.807, 2.05) is 25.1 Å². The zero-order chi connectivity index (χ0) is 19.9. The molecule has 0 radical (unpaired) electrons. The molecule has 28 heavy (non-hydrogen) atoms.